The van der Waals surface area contributed by atoms with Gasteiger partial charge in [-0.05, 0) is 39.2 Å². The van der Waals surface area contributed by atoms with E-state index in [-0.39, 0.29) is 12.1 Å². The molecule has 0 amide bonds. The topological polar surface area (TPSA) is 68.8 Å². The molecule has 20 heavy (non-hydrogen) atoms. The summed E-state index contributed by atoms with van der Waals surface area (Å²) in [5, 5.41) is 11.8. The van der Waals surface area contributed by atoms with Crippen LogP contribution in [0.2, 0.25) is 0 Å². The summed E-state index contributed by atoms with van der Waals surface area (Å²) in [6.45, 7) is 6.94. The summed E-state index contributed by atoms with van der Waals surface area (Å²) < 4.78 is 7.24. The van der Waals surface area contributed by atoms with Crippen molar-refractivity contribution in [1.29, 1.82) is 0 Å². The Labute approximate surface area is 118 Å². The van der Waals surface area contributed by atoms with Crippen LogP contribution in [0.15, 0.2) is 16.9 Å². The third-order valence-electron chi connectivity index (χ3n) is 3.87. The van der Waals surface area contributed by atoms with Gasteiger partial charge in [-0.15, -0.1) is 0 Å². The lowest BCUT2D eigenvalue weighted by molar-refractivity contribution is 0.323. The van der Waals surface area contributed by atoms with Crippen LogP contribution in [0.5, 0.6) is 0 Å². The van der Waals surface area contributed by atoms with Gasteiger partial charge in [0.2, 0.25) is 5.89 Å². The molecule has 0 aromatic carbocycles. The van der Waals surface area contributed by atoms with Gasteiger partial charge >= 0.3 is 0 Å². The van der Waals surface area contributed by atoms with Crippen LogP contribution in [-0.2, 0) is 6.54 Å². The second-order valence-corrected chi connectivity index (χ2v) is 5.73. The molecule has 0 aliphatic heterocycles. The lowest BCUT2D eigenvalue weighted by atomic mass is 10.2. The van der Waals surface area contributed by atoms with E-state index in [2.05, 4.69) is 40.6 Å². The minimum atomic E-state index is 0.269. The third kappa shape index (κ3) is 2.90. The zero-order chi connectivity index (χ0) is 14.1. The predicted molar refractivity (Wildman–Crippen MR) is 74.2 cm³/mol. The molecule has 1 aliphatic rings. The zero-order valence-corrected chi connectivity index (χ0v) is 12.2. The van der Waals surface area contributed by atoms with Crippen molar-refractivity contribution in [2.75, 3.05) is 0 Å². The quantitative estimate of drug-likeness (QED) is 0.875. The maximum atomic E-state index is 5.26. The van der Waals surface area contributed by atoms with Gasteiger partial charge in [0.25, 0.3) is 0 Å². The first kappa shape index (κ1) is 13.3. The summed E-state index contributed by atoms with van der Waals surface area (Å²) >= 11 is 0. The number of nitrogens with one attached hydrogen (secondary N) is 1. The molecule has 2 aromatic heterocycles. The van der Waals surface area contributed by atoms with Crippen molar-refractivity contribution in [2.45, 2.75) is 58.2 Å². The zero-order valence-electron chi connectivity index (χ0n) is 12.2. The summed E-state index contributed by atoms with van der Waals surface area (Å²) in [4.78, 5) is 4.42. The number of nitrogens with zero attached hydrogens (tertiary/aromatic N) is 4. The van der Waals surface area contributed by atoms with Gasteiger partial charge in [0.15, 0.2) is 5.82 Å². The van der Waals surface area contributed by atoms with Gasteiger partial charge in [-0.3, -0.25) is 4.68 Å². The summed E-state index contributed by atoms with van der Waals surface area (Å²) in [6.07, 6.45) is 6.32. The lowest BCUT2D eigenvalue weighted by Gasteiger charge is -2.20. The van der Waals surface area contributed by atoms with E-state index in [0.29, 0.717) is 18.4 Å². The van der Waals surface area contributed by atoms with Crippen LogP contribution in [0.25, 0.3) is 0 Å². The number of aromatic nitrogens is 4. The second kappa shape index (κ2) is 5.36. The first-order valence-electron chi connectivity index (χ1n) is 7.20. The standard InChI is InChI=1S/C14H21N5O/c1-9-6-16-19(8-9)11(3)10(2)15-7-13-17-14(18-20-13)12-4-5-12/h6,8,10-12,15H,4-5,7H2,1-3H3/t10-,11-/m1/s1. The van der Waals surface area contributed by atoms with E-state index in [4.69, 9.17) is 4.52 Å². The number of aryl methyl sites for hydroxylation is 1. The monoisotopic (exact) mass is 275 g/mol. The molecule has 0 bridgehead atoms. The highest BCUT2D eigenvalue weighted by molar-refractivity contribution is 5.03. The Hall–Kier alpha value is -1.69. The highest BCUT2D eigenvalue weighted by Gasteiger charge is 2.28. The first-order valence-corrected chi connectivity index (χ1v) is 7.20. The minimum absolute atomic E-state index is 0.269. The van der Waals surface area contributed by atoms with E-state index in [1.54, 1.807) is 0 Å². The lowest BCUT2D eigenvalue weighted by Crippen LogP contribution is -2.33. The summed E-state index contributed by atoms with van der Waals surface area (Å²) in [5.41, 5.74) is 1.18. The van der Waals surface area contributed by atoms with Crippen LogP contribution in [0, 0.1) is 6.92 Å². The molecule has 1 fully saturated rings. The van der Waals surface area contributed by atoms with Crippen molar-refractivity contribution in [3.63, 3.8) is 0 Å². The molecule has 3 rings (SSSR count). The molecule has 2 atom stereocenters. The molecule has 0 spiro atoms. The molecular formula is C14H21N5O. The largest absolute Gasteiger partial charge is 0.338 e. The number of rotatable bonds is 6. The Kier molecular flexibility index (Phi) is 3.56. The fourth-order valence-corrected chi connectivity index (χ4v) is 2.15. The summed E-state index contributed by atoms with van der Waals surface area (Å²) in [5.74, 6) is 2.07. The Balaban J connectivity index is 1.53. The molecule has 2 aromatic rings. The smallest absolute Gasteiger partial charge is 0.240 e. The number of hydrogen-bond acceptors (Lipinski definition) is 5. The SMILES string of the molecule is Cc1cnn([C@H](C)[C@@H](C)NCc2nc(C3CC3)no2)c1. The van der Waals surface area contributed by atoms with Crippen molar-refractivity contribution in [2.24, 2.45) is 0 Å². The van der Waals surface area contributed by atoms with Crippen molar-refractivity contribution in [3.8, 4) is 0 Å². The van der Waals surface area contributed by atoms with Gasteiger partial charge in [-0.2, -0.15) is 10.1 Å². The fraction of sp³-hybridized carbons (Fsp3) is 0.643. The Morgan fingerprint density at radius 1 is 1.45 bits per heavy atom. The van der Waals surface area contributed by atoms with E-state index in [1.165, 1.54) is 18.4 Å². The molecule has 2 heterocycles. The molecule has 0 radical (unpaired) electrons. The van der Waals surface area contributed by atoms with E-state index in [9.17, 15) is 0 Å². The fourth-order valence-electron chi connectivity index (χ4n) is 2.15. The predicted octanol–water partition coefficient (Wildman–Crippen LogP) is 2.19. The molecule has 6 heteroatoms. The molecule has 0 saturated heterocycles. The van der Waals surface area contributed by atoms with Crippen molar-refractivity contribution in [1.82, 2.24) is 25.2 Å². The first-order chi connectivity index (χ1) is 9.63. The van der Waals surface area contributed by atoms with Crippen LogP contribution >= 0.6 is 0 Å². The van der Waals surface area contributed by atoms with Crippen LogP contribution in [-0.4, -0.2) is 26.0 Å². The van der Waals surface area contributed by atoms with Crippen molar-refractivity contribution < 1.29 is 4.52 Å². The maximum absolute atomic E-state index is 5.26. The molecular weight excluding hydrogens is 254 g/mol. The van der Waals surface area contributed by atoms with E-state index < -0.39 is 0 Å². The van der Waals surface area contributed by atoms with Gasteiger partial charge in [0, 0.05) is 18.2 Å². The Morgan fingerprint density at radius 2 is 2.25 bits per heavy atom. The molecule has 1 aliphatic carbocycles. The number of hydrogen-bond donors (Lipinski definition) is 1. The third-order valence-corrected chi connectivity index (χ3v) is 3.87. The molecule has 1 N–H and O–H groups in total. The van der Waals surface area contributed by atoms with Gasteiger partial charge in [-0.1, -0.05) is 5.16 Å². The van der Waals surface area contributed by atoms with Gasteiger partial charge in [-0.25, -0.2) is 0 Å². The normalized spacial score (nSPS) is 18.1. The minimum Gasteiger partial charge on any atom is -0.338 e. The summed E-state index contributed by atoms with van der Waals surface area (Å²) in [6, 6.07) is 0.542. The van der Waals surface area contributed by atoms with Crippen molar-refractivity contribution in [3.05, 3.63) is 29.7 Å². The van der Waals surface area contributed by atoms with E-state index in [1.807, 2.05) is 17.8 Å². The van der Waals surface area contributed by atoms with Crippen molar-refractivity contribution >= 4 is 0 Å². The van der Waals surface area contributed by atoms with Gasteiger partial charge in [0.1, 0.15) is 0 Å². The maximum Gasteiger partial charge on any atom is 0.240 e. The average Bonchev–Trinajstić information content (AvgIpc) is 3.03. The van der Waals surface area contributed by atoms with E-state index >= 15 is 0 Å². The van der Waals surface area contributed by atoms with Crippen LogP contribution < -0.4 is 5.32 Å². The highest BCUT2D eigenvalue weighted by Crippen LogP contribution is 2.38. The molecule has 1 saturated carbocycles. The van der Waals surface area contributed by atoms with Crippen LogP contribution in [0.3, 0.4) is 0 Å². The van der Waals surface area contributed by atoms with E-state index in [0.717, 1.165) is 5.82 Å². The molecule has 6 nitrogen and oxygen atoms in total. The van der Waals surface area contributed by atoms with Crippen LogP contribution in [0.4, 0.5) is 0 Å². The van der Waals surface area contributed by atoms with Crippen LogP contribution in [0.1, 0.15) is 55.9 Å². The highest BCUT2D eigenvalue weighted by atomic mass is 16.5. The molecule has 0 unspecified atom stereocenters. The summed E-state index contributed by atoms with van der Waals surface area (Å²) in [7, 11) is 0. The Morgan fingerprint density at radius 3 is 2.90 bits per heavy atom. The van der Waals surface area contributed by atoms with Gasteiger partial charge in [0.05, 0.1) is 18.8 Å². The van der Waals surface area contributed by atoms with Gasteiger partial charge < -0.3 is 9.84 Å². The Bertz CT molecular complexity index is 572. The second-order valence-electron chi connectivity index (χ2n) is 5.73. The average molecular weight is 275 g/mol. The molecule has 108 valence electrons.